The lowest BCUT2D eigenvalue weighted by atomic mass is 10.2. The molecule has 0 aromatic heterocycles. The monoisotopic (exact) mass is 326 g/mol. The maximum atomic E-state index is 11.7. The van der Waals surface area contributed by atoms with Crippen LogP contribution in [0.4, 0.5) is 0 Å². The van der Waals surface area contributed by atoms with Crippen molar-refractivity contribution >= 4 is 18.3 Å². The highest BCUT2D eigenvalue weighted by atomic mass is 35.5. The Morgan fingerprint density at radius 1 is 1.27 bits per heavy atom. The topological polar surface area (TPSA) is 50.4 Å². The van der Waals surface area contributed by atoms with Crippen LogP contribution in [-0.2, 0) is 16.0 Å². The summed E-state index contributed by atoms with van der Waals surface area (Å²) in [6, 6.07) is 10.8. The van der Waals surface area contributed by atoms with Crippen LogP contribution >= 0.6 is 12.4 Å². The molecule has 1 atom stereocenters. The van der Waals surface area contributed by atoms with Crippen molar-refractivity contribution < 1.29 is 9.53 Å². The minimum Gasteiger partial charge on any atom is -0.381 e. The molecule has 1 aromatic rings. The van der Waals surface area contributed by atoms with Gasteiger partial charge < -0.3 is 15.4 Å². The van der Waals surface area contributed by atoms with Gasteiger partial charge >= 0.3 is 0 Å². The summed E-state index contributed by atoms with van der Waals surface area (Å²) in [5.41, 5.74) is 1.29. The molecule has 1 heterocycles. The van der Waals surface area contributed by atoms with Crippen molar-refractivity contribution in [3.63, 3.8) is 0 Å². The summed E-state index contributed by atoms with van der Waals surface area (Å²) in [6.07, 6.45) is 4.66. The molecule has 4 nitrogen and oxygen atoms in total. The highest BCUT2D eigenvalue weighted by Gasteiger charge is 2.14. The van der Waals surface area contributed by atoms with Crippen molar-refractivity contribution in [1.82, 2.24) is 10.6 Å². The Kier molecular flexibility index (Phi) is 9.87. The van der Waals surface area contributed by atoms with E-state index >= 15 is 0 Å². The lowest BCUT2D eigenvalue weighted by molar-refractivity contribution is -0.121. The third-order valence-electron chi connectivity index (χ3n) is 3.78. The third kappa shape index (κ3) is 7.78. The van der Waals surface area contributed by atoms with Gasteiger partial charge in [-0.1, -0.05) is 30.3 Å². The van der Waals surface area contributed by atoms with E-state index in [4.69, 9.17) is 4.74 Å². The lowest BCUT2D eigenvalue weighted by Crippen LogP contribution is -2.37. The van der Waals surface area contributed by atoms with Crippen molar-refractivity contribution in [2.24, 2.45) is 0 Å². The highest BCUT2D eigenvalue weighted by molar-refractivity contribution is 5.85. The summed E-state index contributed by atoms with van der Waals surface area (Å²) in [6.45, 7) is 3.21. The normalized spacial score (nSPS) is 17.0. The molecule has 0 saturated carbocycles. The predicted molar refractivity (Wildman–Crippen MR) is 91.5 cm³/mol. The van der Waals surface area contributed by atoms with E-state index in [2.05, 4.69) is 22.8 Å². The average Bonchev–Trinajstić information content (AvgIpc) is 3.03. The Morgan fingerprint density at radius 3 is 2.82 bits per heavy atom. The molecule has 2 rings (SSSR count). The zero-order valence-electron chi connectivity index (χ0n) is 13.1. The van der Waals surface area contributed by atoms with E-state index in [9.17, 15) is 4.79 Å². The van der Waals surface area contributed by atoms with Crippen LogP contribution in [0.3, 0.4) is 0 Å². The van der Waals surface area contributed by atoms with Gasteiger partial charge in [0.15, 0.2) is 0 Å². The number of benzene rings is 1. The van der Waals surface area contributed by atoms with Crippen LogP contribution in [0.1, 0.15) is 31.2 Å². The number of halogens is 1. The first-order valence-electron chi connectivity index (χ1n) is 7.96. The largest absolute Gasteiger partial charge is 0.381 e. The SMILES string of the molecule is Cl.O=C(CCCOCCc1ccccc1)NCC1CCCN1. The van der Waals surface area contributed by atoms with Crippen molar-refractivity contribution in [3.05, 3.63) is 35.9 Å². The maximum Gasteiger partial charge on any atom is 0.220 e. The van der Waals surface area contributed by atoms with Crippen molar-refractivity contribution in [2.75, 3.05) is 26.3 Å². The number of amides is 1. The van der Waals surface area contributed by atoms with Gasteiger partial charge in [-0.15, -0.1) is 12.4 Å². The van der Waals surface area contributed by atoms with E-state index in [0.717, 1.165) is 32.5 Å². The molecule has 1 aromatic carbocycles. The Bertz CT molecular complexity index is 408. The van der Waals surface area contributed by atoms with Gasteiger partial charge in [0.25, 0.3) is 0 Å². The quantitative estimate of drug-likeness (QED) is 0.685. The molecule has 0 aliphatic carbocycles. The third-order valence-corrected chi connectivity index (χ3v) is 3.78. The van der Waals surface area contributed by atoms with E-state index in [-0.39, 0.29) is 18.3 Å². The molecule has 1 aliphatic heterocycles. The smallest absolute Gasteiger partial charge is 0.220 e. The zero-order valence-corrected chi connectivity index (χ0v) is 13.9. The molecule has 0 radical (unpaired) electrons. The summed E-state index contributed by atoms with van der Waals surface area (Å²) < 4.78 is 5.57. The van der Waals surface area contributed by atoms with Gasteiger partial charge in [-0.3, -0.25) is 4.79 Å². The molecule has 0 spiro atoms. The molecule has 1 aliphatic rings. The van der Waals surface area contributed by atoms with Crippen LogP contribution in [0.2, 0.25) is 0 Å². The second-order valence-electron chi connectivity index (χ2n) is 5.55. The molecule has 5 heteroatoms. The van der Waals surface area contributed by atoms with E-state index < -0.39 is 0 Å². The summed E-state index contributed by atoms with van der Waals surface area (Å²) in [4.78, 5) is 11.7. The van der Waals surface area contributed by atoms with E-state index in [1.807, 2.05) is 18.2 Å². The van der Waals surface area contributed by atoms with Gasteiger partial charge in [0.05, 0.1) is 6.61 Å². The Balaban J connectivity index is 0.00000242. The van der Waals surface area contributed by atoms with Crippen LogP contribution in [0.25, 0.3) is 0 Å². The van der Waals surface area contributed by atoms with Crippen LogP contribution < -0.4 is 10.6 Å². The molecular weight excluding hydrogens is 300 g/mol. The summed E-state index contributed by atoms with van der Waals surface area (Å²) >= 11 is 0. The van der Waals surface area contributed by atoms with Gasteiger partial charge in [0, 0.05) is 25.6 Å². The number of carbonyl (C=O) groups is 1. The second-order valence-corrected chi connectivity index (χ2v) is 5.55. The number of ether oxygens (including phenoxy) is 1. The van der Waals surface area contributed by atoms with Crippen molar-refractivity contribution in [2.45, 2.75) is 38.1 Å². The summed E-state index contributed by atoms with van der Waals surface area (Å²) in [5.74, 6) is 0.135. The molecule has 1 unspecified atom stereocenters. The summed E-state index contributed by atoms with van der Waals surface area (Å²) in [5, 5.41) is 6.36. The fourth-order valence-corrected chi connectivity index (χ4v) is 2.53. The minimum absolute atomic E-state index is 0. The van der Waals surface area contributed by atoms with Gasteiger partial charge in [0.1, 0.15) is 0 Å². The number of hydrogen-bond donors (Lipinski definition) is 2. The predicted octanol–water partition coefficient (Wildman–Crippen LogP) is 2.32. The lowest BCUT2D eigenvalue weighted by Gasteiger charge is -2.11. The first kappa shape index (κ1) is 18.9. The fraction of sp³-hybridized carbons (Fsp3) is 0.588. The van der Waals surface area contributed by atoms with Crippen LogP contribution in [0.15, 0.2) is 30.3 Å². The van der Waals surface area contributed by atoms with Crippen LogP contribution in [0, 0.1) is 0 Å². The number of nitrogens with one attached hydrogen (secondary N) is 2. The first-order valence-corrected chi connectivity index (χ1v) is 7.96. The average molecular weight is 327 g/mol. The van der Waals surface area contributed by atoms with Crippen LogP contribution in [-0.4, -0.2) is 38.3 Å². The van der Waals surface area contributed by atoms with Gasteiger partial charge in [-0.25, -0.2) is 0 Å². The number of rotatable bonds is 9. The van der Waals surface area contributed by atoms with E-state index in [1.54, 1.807) is 0 Å². The second kappa shape index (κ2) is 11.5. The fourth-order valence-electron chi connectivity index (χ4n) is 2.53. The maximum absolute atomic E-state index is 11.7. The highest BCUT2D eigenvalue weighted by Crippen LogP contribution is 2.03. The van der Waals surface area contributed by atoms with E-state index in [0.29, 0.717) is 19.1 Å². The Morgan fingerprint density at radius 2 is 2.09 bits per heavy atom. The first-order chi connectivity index (χ1) is 10.3. The van der Waals surface area contributed by atoms with Crippen molar-refractivity contribution in [3.8, 4) is 0 Å². The number of carbonyl (C=O) groups excluding carboxylic acids is 1. The molecule has 1 fully saturated rings. The Hall–Kier alpha value is -1.10. The van der Waals surface area contributed by atoms with Gasteiger partial charge in [-0.05, 0) is 37.8 Å². The molecule has 1 saturated heterocycles. The molecule has 1 amide bonds. The zero-order chi connectivity index (χ0) is 14.8. The molecule has 2 N–H and O–H groups in total. The molecule has 124 valence electrons. The molecule has 22 heavy (non-hydrogen) atoms. The summed E-state index contributed by atoms with van der Waals surface area (Å²) in [7, 11) is 0. The van der Waals surface area contributed by atoms with E-state index in [1.165, 1.54) is 18.4 Å². The van der Waals surface area contributed by atoms with Crippen LogP contribution in [0.5, 0.6) is 0 Å². The standard InChI is InChI=1S/C17H26N2O2.ClH/c20-17(19-14-16-8-4-11-18-16)9-5-12-21-13-10-15-6-2-1-3-7-15;/h1-3,6-7,16,18H,4-5,8-14H2,(H,19,20);1H. The Labute approximate surface area is 139 Å². The molecular formula is C17H27ClN2O2. The number of hydrogen-bond acceptors (Lipinski definition) is 3. The van der Waals surface area contributed by atoms with Crippen molar-refractivity contribution in [1.29, 1.82) is 0 Å². The molecule has 0 bridgehead atoms. The minimum atomic E-state index is 0. The van der Waals surface area contributed by atoms with Gasteiger partial charge in [-0.2, -0.15) is 0 Å². The van der Waals surface area contributed by atoms with Gasteiger partial charge in [0.2, 0.25) is 5.91 Å².